The van der Waals surface area contributed by atoms with Crippen molar-refractivity contribution in [3.63, 3.8) is 0 Å². The van der Waals surface area contributed by atoms with Gasteiger partial charge in [-0.2, -0.15) is 0 Å². The molecule has 0 bridgehead atoms. The SMILES string of the molecule is O=C(O)C(O)CCOB([O-])OCCC(O)C(=O)O.[Na+]. The predicted octanol–water partition coefficient (Wildman–Crippen LogP) is -5.96. The van der Waals surface area contributed by atoms with Crippen molar-refractivity contribution < 1.29 is 73.9 Å². The van der Waals surface area contributed by atoms with Gasteiger partial charge in [0.25, 0.3) is 0 Å². The molecule has 4 N–H and O–H groups in total. The third kappa shape index (κ3) is 11.3. The molecule has 0 heterocycles. The van der Waals surface area contributed by atoms with Crippen LogP contribution in [-0.2, 0) is 18.9 Å². The summed E-state index contributed by atoms with van der Waals surface area (Å²) in [6.07, 6.45) is -3.78. The summed E-state index contributed by atoms with van der Waals surface area (Å²) in [7, 11) is -1.92. The third-order valence-corrected chi connectivity index (χ3v) is 1.86. The van der Waals surface area contributed by atoms with Gasteiger partial charge in [0.1, 0.15) is 0 Å². The fourth-order valence-corrected chi connectivity index (χ4v) is 0.847. The molecule has 0 rings (SSSR count). The molecule has 2 unspecified atom stereocenters. The Bertz CT molecular complexity index is 251. The number of carboxylic acid groups (broad SMARTS) is 2. The van der Waals surface area contributed by atoms with E-state index in [0.717, 1.165) is 0 Å². The molecule has 0 aliphatic carbocycles. The Morgan fingerprint density at radius 3 is 1.58 bits per heavy atom. The van der Waals surface area contributed by atoms with Crippen molar-refractivity contribution in [3.8, 4) is 0 Å². The van der Waals surface area contributed by atoms with Crippen LogP contribution in [0.15, 0.2) is 0 Å². The van der Waals surface area contributed by atoms with E-state index < -0.39 is 31.5 Å². The Morgan fingerprint density at radius 2 is 1.32 bits per heavy atom. The Morgan fingerprint density at radius 1 is 1.00 bits per heavy atom. The van der Waals surface area contributed by atoms with Crippen molar-refractivity contribution in [1.29, 1.82) is 0 Å². The van der Waals surface area contributed by atoms with Crippen LogP contribution in [0.3, 0.4) is 0 Å². The minimum atomic E-state index is -1.92. The minimum Gasteiger partial charge on any atom is -0.832 e. The number of carboxylic acids is 2. The zero-order valence-corrected chi connectivity index (χ0v) is 12.4. The van der Waals surface area contributed by atoms with E-state index in [0.29, 0.717) is 0 Å². The van der Waals surface area contributed by atoms with Gasteiger partial charge in [-0.25, -0.2) is 9.59 Å². The Hall–Kier alpha value is -0.195. The van der Waals surface area contributed by atoms with E-state index in [1.165, 1.54) is 0 Å². The number of aliphatic hydroxyl groups is 2. The monoisotopic (exact) mass is 288 g/mol. The summed E-state index contributed by atoms with van der Waals surface area (Å²) < 4.78 is 8.95. The van der Waals surface area contributed by atoms with E-state index in [-0.39, 0.29) is 55.6 Å². The van der Waals surface area contributed by atoms with Crippen LogP contribution >= 0.6 is 0 Å². The Balaban J connectivity index is 0. The fourth-order valence-electron chi connectivity index (χ4n) is 0.847. The quantitative estimate of drug-likeness (QED) is 0.287. The normalized spacial score (nSPS) is 13.2. The molecule has 0 aromatic heterocycles. The van der Waals surface area contributed by atoms with Crippen LogP contribution in [0.2, 0.25) is 0 Å². The third-order valence-electron chi connectivity index (χ3n) is 1.86. The summed E-state index contributed by atoms with van der Waals surface area (Å²) in [6, 6.07) is 0. The number of hydrogen-bond acceptors (Lipinski definition) is 7. The second-order valence-electron chi connectivity index (χ2n) is 3.32. The van der Waals surface area contributed by atoms with Gasteiger partial charge < -0.3 is 34.8 Å². The van der Waals surface area contributed by atoms with Crippen molar-refractivity contribution in [2.24, 2.45) is 0 Å². The minimum absolute atomic E-state index is 0. The van der Waals surface area contributed by atoms with Gasteiger partial charge in [0, 0.05) is 26.1 Å². The maximum atomic E-state index is 10.9. The van der Waals surface area contributed by atoms with Crippen molar-refractivity contribution >= 4 is 19.3 Å². The van der Waals surface area contributed by atoms with Crippen LogP contribution in [-0.4, -0.2) is 65.1 Å². The molecular formula is C8H14BNaO9. The molecule has 0 aliphatic rings. The van der Waals surface area contributed by atoms with E-state index in [1.807, 2.05) is 0 Å². The molecule has 0 aromatic rings. The van der Waals surface area contributed by atoms with Gasteiger partial charge in [0.05, 0.1) is 0 Å². The maximum Gasteiger partial charge on any atom is 1.00 e. The van der Waals surface area contributed by atoms with Crippen molar-refractivity contribution in [2.45, 2.75) is 25.0 Å². The molecule has 11 heteroatoms. The summed E-state index contributed by atoms with van der Waals surface area (Å²) in [4.78, 5) is 20.4. The van der Waals surface area contributed by atoms with Crippen molar-refractivity contribution in [2.75, 3.05) is 13.2 Å². The largest absolute Gasteiger partial charge is 1.00 e. The molecule has 0 saturated carbocycles. The van der Waals surface area contributed by atoms with Gasteiger partial charge >= 0.3 is 48.8 Å². The van der Waals surface area contributed by atoms with Crippen LogP contribution < -0.4 is 34.6 Å². The van der Waals surface area contributed by atoms with E-state index in [4.69, 9.17) is 20.4 Å². The van der Waals surface area contributed by atoms with Gasteiger partial charge in [-0.05, 0) is 0 Å². The maximum absolute atomic E-state index is 10.9. The first-order valence-electron chi connectivity index (χ1n) is 5.05. The second-order valence-corrected chi connectivity index (χ2v) is 3.32. The molecule has 0 radical (unpaired) electrons. The predicted molar refractivity (Wildman–Crippen MR) is 54.2 cm³/mol. The zero-order chi connectivity index (χ0) is 14.1. The zero-order valence-electron chi connectivity index (χ0n) is 10.4. The van der Waals surface area contributed by atoms with Crippen molar-refractivity contribution in [1.82, 2.24) is 0 Å². The molecule has 0 aromatic carbocycles. The first-order chi connectivity index (χ1) is 8.34. The van der Waals surface area contributed by atoms with Crippen LogP contribution in [0.1, 0.15) is 12.8 Å². The summed E-state index contributed by atoms with van der Waals surface area (Å²) in [5, 5.41) is 45.2. The number of aliphatic hydroxyl groups excluding tert-OH is 2. The first kappa shape index (κ1) is 21.1. The van der Waals surface area contributed by atoms with E-state index >= 15 is 0 Å². The molecule has 0 aliphatic heterocycles. The second kappa shape index (κ2) is 11.6. The van der Waals surface area contributed by atoms with Gasteiger partial charge in [-0.15, -0.1) is 0 Å². The molecule has 0 saturated heterocycles. The average Bonchev–Trinajstić information content (AvgIpc) is 2.28. The van der Waals surface area contributed by atoms with Gasteiger partial charge in [0.15, 0.2) is 12.2 Å². The van der Waals surface area contributed by atoms with E-state index in [9.17, 15) is 14.6 Å². The number of carbonyl (C=O) groups is 2. The Labute approximate surface area is 131 Å². The molecule has 2 atom stereocenters. The van der Waals surface area contributed by atoms with Gasteiger partial charge in [-0.3, -0.25) is 0 Å². The molecular weight excluding hydrogens is 274 g/mol. The van der Waals surface area contributed by atoms with Crippen LogP contribution in [0, 0.1) is 0 Å². The average molecular weight is 288 g/mol. The van der Waals surface area contributed by atoms with E-state index in [2.05, 4.69) is 9.31 Å². The summed E-state index contributed by atoms with van der Waals surface area (Å²) in [5.74, 6) is -2.85. The molecule has 0 spiro atoms. The van der Waals surface area contributed by atoms with Gasteiger partial charge in [-0.1, -0.05) is 0 Å². The fraction of sp³-hybridized carbons (Fsp3) is 0.750. The topological polar surface area (TPSA) is 157 Å². The van der Waals surface area contributed by atoms with Crippen LogP contribution in [0.25, 0.3) is 0 Å². The summed E-state index contributed by atoms with van der Waals surface area (Å²) >= 11 is 0. The standard InChI is InChI=1S/C8H14BO9.Na/c10-5(7(12)13)1-3-17-9(16)18-4-2-6(11)8(14)15;/h5-6,10-11H,1-4H2,(H,12,13)(H,14,15);/q-1;+1. The molecule has 104 valence electrons. The van der Waals surface area contributed by atoms with Gasteiger partial charge in [0.2, 0.25) is 0 Å². The molecule has 0 fully saturated rings. The van der Waals surface area contributed by atoms with E-state index in [1.54, 1.807) is 0 Å². The first-order valence-corrected chi connectivity index (χ1v) is 5.05. The summed E-state index contributed by atoms with van der Waals surface area (Å²) in [6.45, 7) is -0.633. The smallest absolute Gasteiger partial charge is 0.832 e. The molecule has 19 heavy (non-hydrogen) atoms. The number of aliphatic carboxylic acids is 2. The van der Waals surface area contributed by atoms with Crippen molar-refractivity contribution in [3.05, 3.63) is 0 Å². The molecule has 9 nitrogen and oxygen atoms in total. The molecule has 0 amide bonds. The summed E-state index contributed by atoms with van der Waals surface area (Å²) in [5.41, 5.74) is 0. The van der Waals surface area contributed by atoms with Crippen LogP contribution in [0.5, 0.6) is 0 Å². The van der Waals surface area contributed by atoms with Crippen LogP contribution in [0.4, 0.5) is 0 Å². The Kier molecular flexibility index (Phi) is 12.9. The number of rotatable bonds is 10. The number of hydrogen-bond donors (Lipinski definition) is 4.